The zero-order valence-corrected chi connectivity index (χ0v) is 14.0. The topological polar surface area (TPSA) is 67.2 Å². The quantitative estimate of drug-likeness (QED) is 0.854. The van der Waals surface area contributed by atoms with Gasteiger partial charge in [-0.3, -0.25) is 9.59 Å². The highest BCUT2D eigenvalue weighted by Gasteiger charge is 2.30. The van der Waals surface area contributed by atoms with E-state index >= 15 is 0 Å². The van der Waals surface area contributed by atoms with Crippen molar-refractivity contribution in [1.29, 1.82) is 0 Å². The molecular weight excluding hydrogens is 304 g/mol. The zero-order chi connectivity index (χ0) is 17.1. The summed E-state index contributed by atoms with van der Waals surface area (Å²) in [5.41, 5.74) is 2.07. The molecule has 0 aliphatic carbocycles. The summed E-state index contributed by atoms with van der Waals surface area (Å²) in [7, 11) is 0. The molecule has 6 heteroatoms. The lowest BCUT2D eigenvalue weighted by atomic mass is 10.1. The van der Waals surface area contributed by atoms with Crippen LogP contribution in [0.3, 0.4) is 0 Å². The van der Waals surface area contributed by atoms with Gasteiger partial charge in [-0.2, -0.15) is 0 Å². The Morgan fingerprint density at radius 2 is 2.12 bits per heavy atom. The average Bonchev–Trinajstić information content (AvgIpc) is 3.23. The molecule has 2 aromatic rings. The van der Waals surface area contributed by atoms with Crippen molar-refractivity contribution in [3.63, 3.8) is 0 Å². The number of aromatic nitrogens is 2. The molecule has 6 nitrogen and oxygen atoms in total. The molecule has 1 aliphatic rings. The van der Waals surface area contributed by atoms with Crippen molar-refractivity contribution in [3.05, 3.63) is 48.0 Å². The van der Waals surface area contributed by atoms with Crippen molar-refractivity contribution in [2.45, 2.75) is 38.8 Å². The van der Waals surface area contributed by atoms with E-state index < -0.39 is 0 Å². The van der Waals surface area contributed by atoms with E-state index in [2.05, 4.69) is 10.3 Å². The van der Waals surface area contributed by atoms with Crippen molar-refractivity contribution < 1.29 is 9.59 Å². The number of hydrogen-bond donors (Lipinski definition) is 1. The van der Waals surface area contributed by atoms with Crippen LogP contribution in [0.25, 0.3) is 5.69 Å². The first-order valence-corrected chi connectivity index (χ1v) is 8.22. The van der Waals surface area contributed by atoms with Gasteiger partial charge in [0.05, 0.1) is 6.04 Å². The third-order valence-corrected chi connectivity index (χ3v) is 4.59. The normalized spacial score (nSPS) is 18.4. The fourth-order valence-corrected chi connectivity index (χ4v) is 3.16. The van der Waals surface area contributed by atoms with Crippen LogP contribution < -0.4 is 5.32 Å². The molecule has 24 heavy (non-hydrogen) atoms. The Morgan fingerprint density at radius 1 is 1.38 bits per heavy atom. The Balaban J connectivity index is 1.67. The maximum absolute atomic E-state index is 12.4. The van der Waals surface area contributed by atoms with Crippen LogP contribution in [0.1, 0.15) is 37.2 Å². The fraction of sp³-hybridized carbons (Fsp3) is 0.389. The average molecular weight is 326 g/mol. The highest BCUT2D eigenvalue weighted by Crippen LogP contribution is 2.19. The van der Waals surface area contributed by atoms with Gasteiger partial charge >= 0.3 is 0 Å². The summed E-state index contributed by atoms with van der Waals surface area (Å²) >= 11 is 0. The van der Waals surface area contributed by atoms with Gasteiger partial charge in [-0.05, 0) is 44.4 Å². The summed E-state index contributed by atoms with van der Waals surface area (Å²) in [4.78, 5) is 29.2. The number of carbonyl (C=O) groups excluding carboxylic acids is 2. The van der Waals surface area contributed by atoms with E-state index in [1.54, 1.807) is 11.1 Å². The van der Waals surface area contributed by atoms with Crippen LogP contribution in [0.15, 0.2) is 36.7 Å². The summed E-state index contributed by atoms with van der Waals surface area (Å²) in [6.45, 7) is 4.57. The maximum atomic E-state index is 12.4. The van der Waals surface area contributed by atoms with Crippen LogP contribution in [0.4, 0.5) is 0 Å². The zero-order valence-electron chi connectivity index (χ0n) is 14.0. The Hall–Kier alpha value is -2.63. The van der Waals surface area contributed by atoms with Crippen molar-refractivity contribution >= 4 is 12.3 Å². The number of likely N-dealkylation sites (tertiary alicyclic amines) is 1. The van der Waals surface area contributed by atoms with Gasteiger partial charge in [0.25, 0.3) is 0 Å². The molecule has 0 saturated carbocycles. The van der Waals surface area contributed by atoms with E-state index in [0.717, 1.165) is 36.3 Å². The lowest BCUT2D eigenvalue weighted by molar-refractivity contribution is -0.131. The van der Waals surface area contributed by atoms with E-state index in [1.165, 1.54) is 0 Å². The summed E-state index contributed by atoms with van der Waals surface area (Å²) < 4.78 is 2.01. The summed E-state index contributed by atoms with van der Waals surface area (Å²) in [6, 6.07) is 7.60. The van der Waals surface area contributed by atoms with Gasteiger partial charge in [0.15, 0.2) is 0 Å². The van der Waals surface area contributed by atoms with Gasteiger partial charge in [-0.25, -0.2) is 4.98 Å². The molecule has 1 N–H and O–H groups in total. The molecule has 126 valence electrons. The number of benzene rings is 1. The Bertz CT molecular complexity index is 723. The van der Waals surface area contributed by atoms with Crippen LogP contribution in [-0.2, 0) is 9.59 Å². The molecule has 2 atom stereocenters. The lowest BCUT2D eigenvalue weighted by Gasteiger charge is -2.22. The van der Waals surface area contributed by atoms with Gasteiger partial charge in [0.1, 0.15) is 11.9 Å². The minimum Gasteiger partial charge on any atom is -0.348 e. The summed E-state index contributed by atoms with van der Waals surface area (Å²) in [5.74, 6) is 0.848. The molecule has 1 fully saturated rings. The van der Waals surface area contributed by atoms with E-state index in [9.17, 15) is 9.59 Å². The number of amides is 2. The number of aryl methyl sites for hydroxylation is 1. The van der Waals surface area contributed by atoms with E-state index in [0.29, 0.717) is 6.54 Å². The smallest absolute Gasteiger partial charge is 0.243 e. The fourth-order valence-electron chi connectivity index (χ4n) is 3.16. The molecular formula is C18H22N4O2. The predicted octanol–water partition coefficient (Wildman–Crippen LogP) is 1.98. The number of nitrogens with zero attached hydrogens (tertiary/aromatic N) is 3. The molecule has 2 heterocycles. The number of imidazole rings is 1. The van der Waals surface area contributed by atoms with Crippen molar-refractivity contribution in [2.24, 2.45) is 0 Å². The second-order valence-corrected chi connectivity index (χ2v) is 6.17. The molecule has 2 amide bonds. The molecule has 1 saturated heterocycles. The molecule has 1 aliphatic heterocycles. The standard InChI is InChI=1S/C18H22N4O2/c1-13(20-18(24)17-4-3-10-21(17)12-23)15-5-7-16(8-6-15)22-11-9-19-14(22)2/h5-9,11-13,17H,3-4,10H2,1-2H3,(H,20,24). The van der Waals surface area contributed by atoms with E-state index in [1.807, 2.05) is 48.9 Å². The van der Waals surface area contributed by atoms with Gasteiger partial charge in [-0.1, -0.05) is 12.1 Å². The number of carbonyl (C=O) groups is 2. The maximum Gasteiger partial charge on any atom is 0.243 e. The molecule has 0 spiro atoms. The monoisotopic (exact) mass is 326 g/mol. The van der Waals surface area contributed by atoms with Gasteiger partial charge < -0.3 is 14.8 Å². The third kappa shape index (κ3) is 3.18. The predicted molar refractivity (Wildman–Crippen MR) is 90.7 cm³/mol. The lowest BCUT2D eigenvalue weighted by Crippen LogP contribution is -2.43. The Kier molecular flexibility index (Phi) is 4.64. The largest absolute Gasteiger partial charge is 0.348 e. The minimum absolute atomic E-state index is 0.0818. The first kappa shape index (κ1) is 16.2. The van der Waals surface area contributed by atoms with E-state index in [4.69, 9.17) is 0 Å². The number of rotatable bonds is 5. The second kappa shape index (κ2) is 6.86. The Morgan fingerprint density at radius 3 is 2.75 bits per heavy atom. The SMILES string of the molecule is Cc1nccn1-c1ccc(C(C)NC(=O)C2CCCN2C=O)cc1. The van der Waals surface area contributed by atoms with Crippen molar-refractivity contribution in [2.75, 3.05) is 6.54 Å². The van der Waals surface area contributed by atoms with Crippen LogP contribution >= 0.6 is 0 Å². The van der Waals surface area contributed by atoms with Crippen molar-refractivity contribution in [1.82, 2.24) is 19.8 Å². The molecule has 1 aromatic carbocycles. The van der Waals surface area contributed by atoms with E-state index in [-0.39, 0.29) is 18.0 Å². The first-order chi connectivity index (χ1) is 11.6. The molecule has 0 bridgehead atoms. The van der Waals surface area contributed by atoms with Gasteiger partial charge in [0, 0.05) is 24.6 Å². The second-order valence-electron chi connectivity index (χ2n) is 6.17. The first-order valence-electron chi connectivity index (χ1n) is 8.22. The van der Waals surface area contributed by atoms with Crippen LogP contribution in [0.5, 0.6) is 0 Å². The van der Waals surface area contributed by atoms with Gasteiger partial charge in [0.2, 0.25) is 12.3 Å². The third-order valence-electron chi connectivity index (χ3n) is 4.59. The van der Waals surface area contributed by atoms with Crippen LogP contribution in [0.2, 0.25) is 0 Å². The molecule has 2 unspecified atom stereocenters. The molecule has 0 radical (unpaired) electrons. The van der Waals surface area contributed by atoms with Crippen molar-refractivity contribution in [3.8, 4) is 5.69 Å². The number of nitrogens with one attached hydrogen (secondary N) is 1. The Labute approximate surface area is 141 Å². The van der Waals surface area contributed by atoms with Gasteiger partial charge in [-0.15, -0.1) is 0 Å². The summed E-state index contributed by atoms with van der Waals surface area (Å²) in [5, 5.41) is 3.01. The summed E-state index contributed by atoms with van der Waals surface area (Å²) in [6.07, 6.45) is 6.07. The number of hydrogen-bond acceptors (Lipinski definition) is 3. The highest BCUT2D eigenvalue weighted by molar-refractivity contribution is 5.84. The minimum atomic E-state index is -0.335. The van der Waals surface area contributed by atoms with Crippen LogP contribution in [-0.4, -0.2) is 39.4 Å². The molecule has 3 rings (SSSR count). The molecule has 1 aromatic heterocycles. The van der Waals surface area contributed by atoms with Crippen LogP contribution in [0, 0.1) is 6.92 Å². The highest BCUT2D eigenvalue weighted by atomic mass is 16.2.